The van der Waals surface area contributed by atoms with E-state index in [1.54, 1.807) is 7.11 Å². The molecule has 0 radical (unpaired) electrons. The second-order valence-electron chi connectivity index (χ2n) is 6.01. The Kier molecular flexibility index (Phi) is 5.88. The van der Waals surface area contributed by atoms with Crippen LogP contribution in [0.3, 0.4) is 0 Å². The first kappa shape index (κ1) is 16.1. The van der Waals surface area contributed by atoms with Crippen molar-refractivity contribution >= 4 is 5.69 Å². The van der Waals surface area contributed by atoms with E-state index in [0.29, 0.717) is 6.04 Å². The van der Waals surface area contributed by atoms with Gasteiger partial charge in [0.15, 0.2) is 0 Å². The minimum Gasteiger partial charge on any atom is -0.488 e. The molecule has 1 aliphatic rings. The molecular weight excluding hydrogens is 264 g/mol. The Hall–Kier alpha value is -1.26. The van der Waals surface area contributed by atoms with Gasteiger partial charge in [-0.2, -0.15) is 0 Å². The highest BCUT2D eigenvalue weighted by atomic mass is 16.5. The van der Waals surface area contributed by atoms with Crippen molar-refractivity contribution in [2.45, 2.75) is 45.3 Å². The number of piperidine rings is 1. The Morgan fingerprint density at radius 2 is 2.05 bits per heavy atom. The van der Waals surface area contributed by atoms with Gasteiger partial charge in [0.2, 0.25) is 0 Å². The lowest BCUT2D eigenvalue weighted by atomic mass is 10.0. The van der Waals surface area contributed by atoms with Gasteiger partial charge in [-0.15, -0.1) is 0 Å². The number of hydrogen-bond acceptors (Lipinski definition) is 4. The van der Waals surface area contributed by atoms with Crippen molar-refractivity contribution in [1.82, 2.24) is 0 Å². The van der Waals surface area contributed by atoms with Crippen molar-refractivity contribution in [3.8, 4) is 5.75 Å². The van der Waals surface area contributed by atoms with Gasteiger partial charge in [0, 0.05) is 39.3 Å². The summed E-state index contributed by atoms with van der Waals surface area (Å²) in [5, 5.41) is 0. The van der Waals surface area contributed by atoms with Crippen LogP contribution in [0, 0.1) is 6.92 Å². The molecule has 118 valence electrons. The first-order valence-corrected chi connectivity index (χ1v) is 7.87. The molecule has 1 unspecified atom stereocenters. The first-order chi connectivity index (χ1) is 10.1. The molecule has 1 aliphatic heterocycles. The van der Waals surface area contributed by atoms with E-state index in [4.69, 9.17) is 15.2 Å². The summed E-state index contributed by atoms with van der Waals surface area (Å²) in [6, 6.07) is 6.76. The van der Waals surface area contributed by atoms with E-state index < -0.39 is 0 Å². The molecule has 2 N–H and O–H groups in total. The Morgan fingerprint density at radius 1 is 1.33 bits per heavy atom. The minimum atomic E-state index is 0.151. The average Bonchev–Trinajstić information content (AvgIpc) is 2.48. The SMILES string of the molecule is COCCC(C)Oc1ccc(C)cc1N1CCC(N)CC1. The molecule has 1 fully saturated rings. The van der Waals surface area contributed by atoms with Gasteiger partial charge in [0.1, 0.15) is 5.75 Å². The summed E-state index contributed by atoms with van der Waals surface area (Å²) in [4.78, 5) is 2.40. The molecule has 1 saturated heterocycles. The lowest BCUT2D eigenvalue weighted by molar-refractivity contribution is 0.135. The van der Waals surface area contributed by atoms with Gasteiger partial charge in [-0.25, -0.2) is 0 Å². The van der Waals surface area contributed by atoms with E-state index in [9.17, 15) is 0 Å². The Labute approximate surface area is 128 Å². The van der Waals surface area contributed by atoms with Gasteiger partial charge in [-0.05, 0) is 44.4 Å². The van der Waals surface area contributed by atoms with Gasteiger partial charge in [-0.3, -0.25) is 0 Å². The maximum atomic E-state index is 6.13. The molecule has 1 atom stereocenters. The number of anilines is 1. The predicted octanol–water partition coefficient (Wildman–Crippen LogP) is 2.73. The molecule has 0 bridgehead atoms. The van der Waals surface area contributed by atoms with Crippen LogP contribution >= 0.6 is 0 Å². The summed E-state index contributed by atoms with van der Waals surface area (Å²) in [5.41, 5.74) is 8.47. The van der Waals surface area contributed by atoms with E-state index in [0.717, 1.165) is 44.7 Å². The van der Waals surface area contributed by atoms with E-state index in [1.807, 2.05) is 0 Å². The van der Waals surface area contributed by atoms with Gasteiger partial charge in [0.05, 0.1) is 11.8 Å². The highest BCUT2D eigenvalue weighted by molar-refractivity contribution is 5.60. The summed E-state index contributed by atoms with van der Waals surface area (Å²) in [5.74, 6) is 0.972. The highest BCUT2D eigenvalue weighted by Gasteiger charge is 2.20. The van der Waals surface area contributed by atoms with E-state index >= 15 is 0 Å². The molecule has 0 aromatic heterocycles. The third-order valence-electron chi connectivity index (χ3n) is 4.05. The second kappa shape index (κ2) is 7.66. The molecule has 1 aromatic rings. The molecule has 4 nitrogen and oxygen atoms in total. The van der Waals surface area contributed by atoms with Crippen LogP contribution < -0.4 is 15.4 Å². The second-order valence-corrected chi connectivity index (χ2v) is 6.01. The molecule has 0 spiro atoms. The number of benzene rings is 1. The van der Waals surface area contributed by atoms with Crippen molar-refractivity contribution in [3.05, 3.63) is 23.8 Å². The maximum Gasteiger partial charge on any atom is 0.143 e. The van der Waals surface area contributed by atoms with Crippen molar-refractivity contribution < 1.29 is 9.47 Å². The van der Waals surface area contributed by atoms with Crippen LogP contribution in [0.25, 0.3) is 0 Å². The van der Waals surface area contributed by atoms with Crippen LogP contribution in [-0.4, -0.2) is 39.0 Å². The van der Waals surface area contributed by atoms with Crippen LogP contribution in [0.2, 0.25) is 0 Å². The largest absolute Gasteiger partial charge is 0.488 e. The summed E-state index contributed by atoms with van der Waals surface area (Å²) >= 11 is 0. The topological polar surface area (TPSA) is 47.7 Å². The molecular formula is C17H28N2O2. The van der Waals surface area contributed by atoms with Crippen LogP contribution in [0.4, 0.5) is 5.69 Å². The standard InChI is InChI=1S/C17H28N2O2/c1-13-4-5-17(21-14(2)8-11-20-3)16(12-13)19-9-6-15(18)7-10-19/h4-5,12,14-15H,6-11,18H2,1-3H3. The number of nitrogens with two attached hydrogens (primary N) is 1. The van der Waals surface area contributed by atoms with Gasteiger partial charge >= 0.3 is 0 Å². The lowest BCUT2D eigenvalue weighted by Gasteiger charge is -2.33. The van der Waals surface area contributed by atoms with Crippen molar-refractivity contribution in [3.63, 3.8) is 0 Å². The molecule has 2 rings (SSSR count). The smallest absolute Gasteiger partial charge is 0.143 e. The summed E-state index contributed by atoms with van der Waals surface area (Å²) in [6.45, 7) is 6.95. The Morgan fingerprint density at radius 3 is 2.71 bits per heavy atom. The fourth-order valence-corrected chi connectivity index (χ4v) is 2.67. The molecule has 1 aromatic carbocycles. The summed E-state index contributed by atoms with van der Waals surface area (Å²) in [6.07, 6.45) is 3.15. The zero-order valence-corrected chi connectivity index (χ0v) is 13.5. The lowest BCUT2D eigenvalue weighted by Crippen LogP contribution is -2.40. The average molecular weight is 292 g/mol. The van der Waals surface area contributed by atoms with Gasteiger partial charge < -0.3 is 20.1 Å². The summed E-state index contributed by atoms with van der Waals surface area (Å²) in [7, 11) is 1.72. The molecule has 4 heteroatoms. The van der Waals surface area contributed by atoms with Crippen LogP contribution in [-0.2, 0) is 4.74 Å². The maximum absolute atomic E-state index is 6.13. The third-order valence-corrected chi connectivity index (χ3v) is 4.05. The molecule has 0 aliphatic carbocycles. The molecule has 1 heterocycles. The Bertz CT molecular complexity index is 442. The van der Waals surface area contributed by atoms with Crippen LogP contribution in [0.5, 0.6) is 5.75 Å². The van der Waals surface area contributed by atoms with Gasteiger partial charge in [-0.1, -0.05) is 6.07 Å². The normalized spacial score (nSPS) is 17.8. The van der Waals surface area contributed by atoms with Crippen molar-refractivity contribution in [2.24, 2.45) is 5.73 Å². The fraction of sp³-hybridized carbons (Fsp3) is 0.647. The number of ether oxygens (including phenoxy) is 2. The van der Waals surface area contributed by atoms with E-state index in [1.165, 1.54) is 11.3 Å². The van der Waals surface area contributed by atoms with E-state index in [-0.39, 0.29) is 6.10 Å². The first-order valence-electron chi connectivity index (χ1n) is 7.87. The number of aryl methyl sites for hydroxylation is 1. The predicted molar refractivity (Wildman–Crippen MR) is 87.2 cm³/mol. The van der Waals surface area contributed by atoms with Crippen LogP contribution in [0.1, 0.15) is 31.7 Å². The van der Waals surface area contributed by atoms with Crippen LogP contribution in [0.15, 0.2) is 18.2 Å². The third kappa shape index (κ3) is 4.61. The van der Waals surface area contributed by atoms with Crippen molar-refractivity contribution in [1.29, 1.82) is 0 Å². The van der Waals surface area contributed by atoms with Gasteiger partial charge in [0.25, 0.3) is 0 Å². The quantitative estimate of drug-likeness (QED) is 0.876. The molecule has 0 saturated carbocycles. The summed E-state index contributed by atoms with van der Waals surface area (Å²) < 4.78 is 11.3. The van der Waals surface area contributed by atoms with E-state index in [2.05, 4.69) is 36.9 Å². The monoisotopic (exact) mass is 292 g/mol. The molecule has 0 amide bonds. The Balaban J connectivity index is 2.09. The number of rotatable bonds is 6. The molecule has 21 heavy (non-hydrogen) atoms. The fourth-order valence-electron chi connectivity index (χ4n) is 2.67. The number of methoxy groups -OCH3 is 1. The zero-order chi connectivity index (χ0) is 15.2. The minimum absolute atomic E-state index is 0.151. The zero-order valence-electron chi connectivity index (χ0n) is 13.5. The number of hydrogen-bond donors (Lipinski definition) is 1. The number of nitrogens with zero attached hydrogens (tertiary/aromatic N) is 1. The highest BCUT2D eigenvalue weighted by Crippen LogP contribution is 2.32. The van der Waals surface area contributed by atoms with Crippen molar-refractivity contribution in [2.75, 3.05) is 31.7 Å².